The lowest BCUT2D eigenvalue weighted by Gasteiger charge is -2.00. The topological polar surface area (TPSA) is 52.7 Å². The van der Waals surface area contributed by atoms with E-state index in [0.29, 0.717) is 5.69 Å². The third-order valence-electron chi connectivity index (χ3n) is 4.19. The lowest BCUT2D eigenvalue weighted by molar-refractivity contribution is 0.104. The van der Waals surface area contributed by atoms with Gasteiger partial charge in [0.1, 0.15) is 5.69 Å². The molecule has 4 aromatic rings. The maximum atomic E-state index is 12.4. The van der Waals surface area contributed by atoms with Gasteiger partial charge in [0.25, 0.3) is 0 Å². The Balaban J connectivity index is 1.73. The van der Waals surface area contributed by atoms with Crippen LogP contribution >= 0.6 is 0 Å². The molecule has 0 aliphatic rings. The fraction of sp³-hybridized carbons (Fsp3) is 0.0455. The van der Waals surface area contributed by atoms with Gasteiger partial charge in [0, 0.05) is 30.6 Å². The Kier molecular flexibility index (Phi) is 4.49. The molecule has 0 radical (unpaired) electrons. The Hall–Kier alpha value is -3.73. The summed E-state index contributed by atoms with van der Waals surface area (Å²) < 4.78 is 3.44. The van der Waals surface area contributed by atoms with Gasteiger partial charge in [-0.25, -0.2) is 4.68 Å². The third-order valence-corrected chi connectivity index (χ3v) is 4.19. The Bertz CT molecular complexity index is 1090. The lowest BCUT2D eigenvalue weighted by atomic mass is 10.1. The van der Waals surface area contributed by atoms with E-state index in [1.807, 2.05) is 71.5 Å². The zero-order valence-electron chi connectivity index (χ0n) is 14.9. The summed E-state index contributed by atoms with van der Waals surface area (Å²) in [5.74, 6) is -0.137. The van der Waals surface area contributed by atoms with Crippen LogP contribution in [0, 0.1) is 0 Å². The summed E-state index contributed by atoms with van der Waals surface area (Å²) in [7, 11) is 1.79. The number of carbonyl (C=O) groups is 1. The monoisotopic (exact) mass is 354 g/mol. The highest BCUT2D eigenvalue weighted by Crippen LogP contribution is 2.24. The molecular formula is C22H18N4O. The lowest BCUT2D eigenvalue weighted by Crippen LogP contribution is -1.97. The molecule has 0 aliphatic heterocycles. The molecule has 27 heavy (non-hydrogen) atoms. The molecule has 0 atom stereocenters. The molecule has 4 rings (SSSR count). The maximum absolute atomic E-state index is 12.4. The van der Waals surface area contributed by atoms with Gasteiger partial charge in [-0.2, -0.15) is 10.2 Å². The minimum Gasteiger partial charge on any atom is -0.287 e. The number of rotatable bonds is 5. The summed E-state index contributed by atoms with van der Waals surface area (Å²) in [5, 5.41) is 8.89. The SMILES string of the molecule is Cn1ccc(C(=O)/C=C/c2cn(-c3ccccc3)nc2-c2ccccc2)n1. The summed E-state index contributed by atoms with van der Waals surface area (Å²) in [4.78, 5) is 12.4. The van der Waals surface area contributed by atoms with Gasteiger partial charge in [-0.15, -0.1) is 0 Å². The zero-order chi connectivity index (χ0) is 18.6. The molecular weight excluding hydrogens is 336 g/mol. The summed E-state index contributed by atoms with van der Waals surface area (Å²) in [6, 6.07) is 21.5. The van der Waals surface area contributed by atoms with Crippen LogP contribution in [0.4, 0.5) is 0 Å². The number of allylic oxidation sites excluding steroid dienone is 1. The normalized spacial score (nSPS) is 11.1. The molecule has 2 aromatic heterocycles. The molecule has 0 fully saturated rings. The van der Waals surface area contributed by atoms with Gasteiger partial charge in [0.2, 0.25) is 5.78 Å². The predicted octanol–water partition coefficient (Wildman–Crippen LogP) is 4.17. The number of ketones is 1. The van der Waals surface area contributed by atoms with E-state index in [1.165, 1.54) is 0 Å². The van der Waals surface area contributed by atoms with Gasteiger partial charge in [0.15, 0.2) is 0 Å². The van der Waals surface area contributed by atoms with Crippen molar-refractivity contribution >= 4 is 11.9 Å². The number of para-hydroxylation sites is 1. The van der Waals surface area contributed by atoms with Crippen LogP contribution in [-0.4, -0.2) is 25.3 Å². The minimum absolute atomic E-state index is 0.137. The summed E-state index contributed by atoms with van der Waals surface area (Å²) in [6.07, 6.45) is 7.02. The van der Waals surface area contributed by atoms with Crippen LogP contribution in [0.2, 0.25) is 0 Å². The first-order valence-electron chi connectivity index (χ1n) is 8.63. The average Bonchev–Trinajstić information content (AvgIpc) is 3.34. The quantitative estimate of drug-likeness (QED) is 0.399. The van der Waals surface area contributed by atoms with Crippen molar-refractivity contribution in [1.82, 2.24) is 19.6 Å². The number of nitrogens with zero attached hydrogens (tertiary/aromatic N) is 4. The Morgan fingerprint density at radius 3 is 2.30 bits per heavy atom. The number of hydrogen-bond donors (Lipinski definition) is 0. The molecule has 132 valence electrons. The zero-order valence-corrected chi connectivity index (χ0v) is 14.9. The highest BCUT2D eigenvalue weighted by Gasteiger charge is 2.11. The summed E-state index contributed by atoms with van der Waals surface area (Å²) in [6.45, 7) is 0. The number of carbonyl (C=O) groups excluding carboxylic acids is 1. The maximum Gasteiger partial charge on any atom is 0.206 e. The van der Waals surface area contributed by atoms with Gasteiger partial charge in [-0.05, 0) is 30.4 Å². The second-order valence-corrected chi connectivity index (χ2v) is 6.15. The first kappa shape index (κ1) is 16.7. The van der Waals surface area contributed by atoms with Crippen molar-refractivity contribution in [3.63, 3.8) is 0 Å². The number of aryl methyl sites for hydroxylation is 1. The fourth-order valence-corrected chi connectivity index (χ4v) is 2.84. The number of hydrogen-bond acceptors (Lipinski definition) is 3. The molecule has 0 saturated carbocycles. The molecule has 0 saturated heterocycles. The van der Waals surface area contributed by atoms with Crippen molar-refractivity contribution in [1.29, 1.82) is 0 Å². The molecule has 0 aliphatic carbocycles. The van der Waals surface area contributed by atoms with Crippen LogP contribution in [0.1, 0.15) is 16.1 Å². The second kappa shape index (κ2) is 7.25. The Morgan fingerprint density at radius 1 is 0.926 bits per heavy atom. The highest BCUT2D eigenvalue weighted by molar-refractivity contribution is 6.05. The minimum atomic E-state index is -0.137. The van der Waals surface area contributed by atoms with Crippen LogP contribution in [0.5, 0.6) is 0 Å². The molecule has 2 aromatic carbocycles. The van der Waals surface area contributed by atoms with E-state index in [0.717, 1.165) is 22.5 Å². The molecule has 0 spiro atoms. The van der Waals surface area contributed by atoms with Crippen molar-refractivity contribution in [2.75, 3.05) is 0 Å². The molecule has 5 nitrogen and oxygen atoms in total. The molecule has 2 heterocycles. The molecule has 0 bridgehead atoms. The molecule has 0 unspecified atom stereocenters. The molecule has 0 N–H and O–H groups in total. The standard InChI is InChI=1S/C22H18N4O/c1-25-15-14-20(23-25)21(27)13-12-18-16-26(19-10-6-3-7-11-19)24-22(18)17-8-4-2-5-9-17/h2-16H,1H3/b13-12+. The first-order valence-corrected chi connectivity index (χ1v) is 8.63. The van der Waals surface area contributed by atoms with Crippen molar-refractivity contribution in [2.24, 2.45) is 7.05 Å². The van der Waals surface area contributed by atoms with E-state index in [4.69, 9.17) is 5.10 Å². The van der Waals surface area contributed by atoms with Gasteiger partial charge in [-0.1, -0.05) is 48.5 Å². The first-order chi connectivity index (χ1) is 13.2. The van der Waals surface area contributed by atoms with E-state index < -0.39 is 0 Å². The largest absolute Gasteiger partial charge is 0.287 e. The van der Waals surface area contributed by atoms with E-state index in [9.17, 15) is 4.79 Å². The third kappa shape index (κ3) is 3.62. The fourth-order valence-electron chi connectivity index (χ4n) is 2.84. The van der Waals surface area contributed by atoms with Gasteiger partial charge in [0.05, 0.1) is 11.4 Å². The van der Waals surface area contributed by atoms with Crippen LogP contribution in [-0.2, 0) is 7.05 Å². The van der Waals surface area contributed by atoms with Crippen molar-refractivity contribution in [2.45, 2.75) is 0 Å². The van der Waals surface area contributed by atoms with E-state index in [1.54, 1.807) is 36.1 Å². The average molecular weight is 354 g/mol. The predicted molar refractivity (Wildman–Crippen MR) is 106 cm³/mol. The van der Waals surface area contributed by atoms with Crippen molar-refractivity contribution in [3.05, 3.63) is 96.5 Å². The second-order valence-electron chi connectivity index (χ2n) is 6.15. The van der Waals surface area contributed by atoms with Crippen molar-refractivity contribution in [3.8, 4) is 16.9 Å². The molecule has 0 amide bonds. The molecule has 5 heteroatoms. The van der Waals surface area contributed by atoms with Crippen LogP contribution in [0.25, 0.3) is 23.0 Å². The van der Waals surface area contributed by atoms with E-state index in [2.05, 4.69) is 5.10 Å². The Morgan fingerprint density at radius 2 is 1.63 bits per heavy atom. The van der Waals surface area contributed by atoms with Crippen LogP contribution < -0.4 is 0 Å². The number of aromatic nitrogens is 4. The van der Waals surface area contributed by atoms with Gasteiger partial charge < -0.3 is 0 Å². The van der Waals surface area contributed by atoms with Crippen molar-refractivity contribution < 1.29 is 4.79 Å². The number of benzene rings is 2. The smallest absolute Gasteiger partial charge is 0.206 e. The van der Waals surface area contributed by atoms with Gasteiger partial charge in [-0.3, -0.25) is 9.48 Å². The van der Waals surface area contributed by atoms with Crippen LogP contribution in [0.3, 0.4) is 0 Å². The summed E-state index contributed by atoms with van der Waals surface area (Å²) in [5.41, 5.74) is 4.08. The van der Waals surface area contributed by atoms with Crippen LogP contribution in [0.15, 0.2) is 85.2 Å². The Labute approximate surface area is 157 Å². The van der Waals surface area contributed by atoms with E-state index >= 15 is 0 Å². The summed E-state index contributed by atoms with van der Waals surface area (Å²) >= 11 is 0. The van der Waals surface area contributed by atoms with Gasteiger partial charge >= 0.3 is 0 Å². The van der Waals surface area contributed by atoms with E-state index in [-0.39, 0.29) is 5.78 Å². The highest BCUT2D eigenvalue weighted by atomic mass is 16.1.